The fraction of sp³-hybridized carbons (Fsp3) is 0.350. The summed E-state index contributed by atoms with van der Waals surface area (Å²) in [5, 5.41) is 3.10. The summed E-state index contributed by atoms with van der Waals surface area (Å²) in [4.78, 5) is 4.32. The van der Waals surface area contributed by atoms with Crippen molar-refractivity contribution in [1.29, 1.82) is 0 Å². The van der Waals surface area contributed by atoms with Crippen LogP contribution in [0, 0.1) is 13.8 Å². The van der Waals surface area contributed by atoms with Crippen LogP contribution in [0.5, 0.6) is 17.2 Å². The van der Waals surface area contributed by atoms with Crippen LogP contribution in [-0.4, -0.2) is 33.3 Å². The minimum atomic E-state index is 0. The Labute approximate surface area is 178 Å². The molecule has 0 atom stereocenters. The predicted octanol–water partition coefficient (Wildman–Crippen LogP) is 4.13. The van der Waals surface area contributed by atoms with E-state index in [4.69, 9.17) is 19.9 Å². The first kappa shape index (κ1) is 22.9. The number of nitrogens with two attached hydrogens (primary N) is 1. The van der Waals surface area contributed by atoms with Crippen molar-refractivity contribution in [2.24, 2.45) is 10.7 Å². The zero-order valence-corrected chi connectivity index (χ0v) is 18.6. The highest BCUT2D eigenvalue weighted by molar-refractivity contribution is 14.0. The molecular formula is C20H28IN3O3. The molecule has 0 aliphatic rings. The summed E-state index contributed by atoms with van der Waals surface area (Å²) in [6, 6.07) is 11.5. The third-order valence-electron chi connectivity index (χ3n) is 3.96. The molecule has 6 nitrogen and oxygen atoms in total. The second-order valence-corrected chi connectivity index (χ2v) is 5.94. The molecule has 0 unspecified atom stereocenters. The van der Waals surface area contributed by atoms with Gasteiger partial charge in [0.05, 0.1) is 20.8 Å². The zero-order chi connectivity index (χ0) is 18.9. The number of aliphatic imine (C=N–C) groups is 1. The number of methoxy groups -OCH3 is 2. The molecule has 2 rings (SSSR count). The number of halogens is 1. The van der Waals surface area contributed by atoms with Gasteiger partial charge in [-0.05, 0) is 37.1 Å². The van der Waals surface area contributed by atoms with Crippen LogP contribution >= 0.6 is 24.0 Å². The van der Waals surface area contributed by atoms with Crippen molar-refractivity contribution in [3.8, 4) is 17.2 Å². The summed E-state index contributed by atoms with van der Waals surface area (Å²) in [6.45, 7) is 5.24. The van der Waals surface area contributed by atoms with Crippen molar-refractivity contribution < 1.29 is 14.2 Å². The van der Waals surface area contributed by atoms with Gasteiger partial charge in [-0.1, -0.05) is 6.07 Å². The first-order valence-electron chi connectivity index (χ1n) is 8.52. The van der Waals surface area contributed by atoms with Crippen molar-refractivity contribution in [3.63, 3.8) is 0 Å². The largest absolute Gasteiger partial charge is 0.496 e. The molecule has 0 radical (unpaired) electrons. The third kappa shape index (κ3) is 7.54. The Hall–Kier alpha value is -2.16. The Bertz CT molecular complexity index is 744. The monoisotopic (exact) mass is 485 g/mol. The van der Waals surface area contributed by atoms with E-state index < -0.39 is 0 Å². The molecule has 0 aromatic heterocycles. The maximum Gasteiger partial charge on any atom is 0.193 e. The molecule has 0 bridgehead atoms. The Kier molecular flexibility index (Phi) is 9.77. The number of rotatable bonds is 8. The maximum absolute atomic E-state index is 5.93. The Morgan fingerprint density at radius 3 is 2.19 bits per heavy atom. The van der Waals surface area contributed by atoms with E-state index in [-0.39, 0.29) is 24.0 Å². The second-order valence-electron chi connectivity index (χ2n) is 5.94. The summed E-state index contributed by atoms with van der Waals surface area (Å²) in [5.41, 5.74) is 9.33. The molecule has 0 heterocycles. The number of hydrogen-bond acceptors (Lipinski definition) is 4. The minimum Gasteiger partial charge on any atom is -0.496 e. The fourth-order valence-corrected chi connectivity index (χ4v) is 2.33. The normalized spacial score (nSPS) is 10.7. The van der Waals surface area contributed by atoms with Crippen molar-refractivity contribution in [1.82, 2.24) is 0 Å². The van der Waals surface area contributed by atoms with Gasteiger partial charge in [-0.2, -0.15) is 0 Å². The van der Waals surface area contributed by atoms with E-state index in [1.807, 2.05) is 18.2 Å². The van der Waals surface area contributed by atoms with E-state index in [0.29, 0.717) is 36.4 Å². The number of anilines is 1. The molecule has 0 saturated heterocycles. The van der Waals surface area contributed by atoms with Gasteiger partial charge in [0.15, 0.2) is 5.96 Å². The Morgan fingerprint density at radius 2 is 1.59 bits per heavy atom. The van der Waals surface area contributed by atoms with Gasteiger partial charge < -0.3 is 25.3 Å². The van der Waals surface area contributed by atoms with Gasteiger partial charge >= 0.3 is 0 Å². The molecule has 7 heteroatoms. The van der Waals surface area contributed by atoms with Crippen LogP contribution in [0.2, 0.25) is 0 Å². The van der Waals surface area contributed by atoms with Crippen molar-refractivity contribution >= 4 is 35.6 Å². The molecule has 3 N–H and O–H groups in total. The van der Waals surface area contributed by atoms with Gasteiger partial charge in [0.2, 0.25) is 0 Å². The minimum absolute atomic E-state index is 0. The second kappa shape index (κ2) is 11.5. The van der Waals surface area contributed by atoms with E-state index >= 15 is 0 Å². The Balaban J connectivity index is 0.00000364. The molecular weight excluding hydrogens is 457 g/mol. The van der Waals surface area contributed by atoms with Crippen LogP contribution in [0.3, 0.4) is 0 Å². The van der Waals surface area contributed by atoms with Gasteiger partial charge in [-0.15, -0.1) is 24.0 Å². The van der Waals surface area contributed by atoms with Crippen molar-refractivity contribution in [2.75, 3.05) is 32.7 Å². The lowest BCUT2D eigenvalue weighted by Gasteiger charge is -2.10. The SMILES string of the molecule is COc1cc(OC)cc(OCCCN=C(N)Nc2ccc(C)c(C)c2)c1.I. The number of hydrogen-bond donors (Lipinski definition) is 2. The average molecular weight is 485 g/mol. The summed E-state index contributed by atoms with van der Waals surface area (Å²) in [5.74, 6) is 2.49. The number of ether oxygens (including phenoxy) is 3. The molecule has 0 aliphatic heterocycles. The molecule has 0 saturated carbocycles. The highest BCUT2D eigenvalue weighted by Crippen LogP contribution is 2.27. The summed E-state index contributed by atoms with van der Waals surface area (Å²) < 4.78 is 16.2. The van der Waals surface area contributed by atoms with Gasteiger partial charge in [-0.25, -0.2) is 0 Å². The summed E-state index contributed by atoms with van der Waals surface area (Å²) in [6.07, 6.45) is 0.745. The Morgan fingerprint density at radius 1 is 0.963 bits per heavy atom. The molecule has 0 fully saturated rings. The average Bonchev–Trinajstić information content (AvgIpc) is 2.64. The fourth-order valence-electron chi connectivity index (χ4n) is 2.33. The first-order chi connectivity index (χ1) is 12.5. The van der Waals surface area contributed by atoms with E-state index in [1.54, 1.807) is 20.3 Å². The van der Waals surface area contributed by atoms with E-state index in [2.05, 4.69) is 36.3 Å². The van der Waals surface area contributed by atoms with Crippen LogP contribution < -0.4 is 25.3 Å². The quantitative estimate of drug-likeness (QED) is 0.255. The number of aryl methyl sites for hydroxylation is 2. The maximum atomic E-state index is 5.93. The zero-order valence-electron chi connectivity index (χ0n) is 16.2. The molecule has 0 spiro atoms. The van der Waals surface area contributed by atoms with E-state index in [9.17, 15) is 0 Å². The summed E-state index contributed by atoms with van der Waals surface area (Å²) >= 11 is 0. The lowest BCUT2D eigenvalue weighted by Crippen LogP contribution is -2.23. The van der Waals surface area contributed by atoms with Crippen LogP contribution in [0.25, 0.3) is 0 Å². The van der Waals surface area contributed by atoms with Crippen LogP contribution in [-0.2, 0) is 0 Å². The molecule has 27 heavy (non-hydrogen) atoms. The lowest BCUT2D eigenvalue weighted by molar-refractivity contribution is 0.307. The predicted molar refractivity (Wildman–Crippen MR) is 121 cm³/mol. The number of benzene rings is 2. The topological polar surface area (TPSA) is 78.1 Å². The van der Waals surface area contributed by atoms with Gasteiger partial charge in [0.25, 0.3) is 0 Å². The van der Waals surface area contributed by atoms with Gasteiger partial charge in [-0.3, -0.25) is 4.99 Å². The van der Waals surface area contributed by atoms with E-state index in [0.717, 1.165) is 12.1 Å². The molecule has 148 valence electrons. The molecule has 2 aromatic carbocycles. The van der Waals surface area contributed by atoms with Crippen LogP contribution in [0.1, 0.15) is 17.5 Å². The third-order valence-corrected chi connectivity index (χ3v) is 3.96. The highest BCUT2D eigenvalue weighted by atomic mass is 127. The van der Waals surface area contributed by atoms with Crippen LogP contribution in [0.4, 0.5) is 5.69 Å². The van der Waals surface area contributed by atoms with Crippen LogP contribution in [0.15, 0.2) is 41.4 Å². The molecule has 0 amide bonds. The van der Waals surface area contributed by atoms with Crippen molar-refractivity contribution in [2.45, 2.75) is 20.3 Å². The van der Waals surface area contributed by atoms with Crippen molar-refractivity contribution in [3.05, 3.63) is 47.5 Å². The first-order valence-corrected chi connectivity index (χ1v) is 8.52. The highest BCUT2D eigenvalue weighted by Gasteiger charge is 2.03. The van der Waals surface area contributed by atoms with E-state index in [1.165, 1.54) is 11.1 Å². The molecule has 2 aromatic rings. The van der Waals surface area contributed by atoms with Gasteiger partial charge in [0, 0.05) is 36.9 Å². The lowest BCUT2D eigenvalue weighted by atomic mass is 10.1. The number of nitrogens with zero attached hydrogens (tertiary/aromatic N) is 1. The standard InChI is InChI=1S/C20H27N3O3.HI/c1-14-6-7-16(10-15(14)2)23-20(21)22-8-5-9-26-19-12-17(24-3)11-18(13-19)25-4;/h6-7,10-13H,5,8-9H2,1-4H3,(H3,21,22,23);1H. The van der Waals surface area contributed by atoms with Gasteiger partial charge in [0.1, 0.15) is 17.2 Å². The number of guanidine groups is 1. The smallest absolute Gasteiger partial charge is 0.193 e. The molecule has 0 aliphatic carbocycles. The number of nitrogens with one attached hydrogen (secondary N) is 1. The summed E-state index contributed by atoms with van der Waals surface area (Å²) in [7, 11) is 3.22.